The molecule has 0 amide bonds. The fourth-order valence-corrected chi connectivity index (χ4v) is 6.93. The summed E-state index contributed by atoms with van der Waals surface area (Å²) >= 11 is 0. The van der Waals surface area contributed by atoms with Crippen molar-refractivity contribution in [3.63, 3.8) is 0 Å². The van der Waals surface area contributed by atoms with Crippen molar-refractivity contribution in [2.75, 3.05) is 32.3 Å². The van der Waals surface area contributed by atoms with Crippen molar-refractivity contribution in [1.82, 2.24) is 9.34 Å². The molecule has 0 heterocycles. The summed E-state index contributed by atoms with van der Waals surface area (Å²) in [5.41, 5.74) is 0. The van der Waals surface area contributed by atoms with E-state index in [0.717, 1.165) is 32.3 Å². The van der Waals surface area contributed by atoms with E-state index in [1.165, 1.54) is 32.1 Å². The summed E-state index contributed by atoms with van der Waals surface area (Å²) in [4.78, 5) is 0. The fraction of sp³-hybridized carbons (Fsp3) is 1.00. The minimum Gasteiger partial charge on any atom is -0.289 e. The lowest BCUT2D eigenvalue weighted by Crippen LogP contribution is -2.35. The molecule has 0 radical (unpaired) electrons. The molecular weight excluding hydrogens is 279 g/mol. The van der Waals surface area contributed by atoms with Crippen molar-refractivity contribution >= 4 is 7.44 Å². The third-order valence-electron chi connectivity index (χ3n) is 4.50. The molecule has 0 N–H and O–H groups in total. The van der Waals surface area contributed by atoms with Crippen molar-refractivity contribution in [1.29, 1.82) is 0 Å². The van der Waals surface area contributed by atoms with Crippen LogP contribution in [0.2, 0.25) is 0 Å². The van der Waals surface area contributed by atoms with Gasteiger partial charge in [-0.15, -0.1) is 0 Å². The minimum absolute atomic E-state index is 0.613. The number of hydrogen-bond donors (Lipinski definition) is 0. The molecule has 4 heteroatoms. The minimum atomic E-state index is -2.40. The average molecular weight is 318 g/mol. The molecule has 0 aliphatic rings. The van der Waals surface area contributed by atoms with Gasteiger partial charge in [-0.05, 0) is 12.3 Å². The molecule has 0 saturated carbocycles. The van der Waals surface area contributed by atoms with E-state index in [-0.39, 0.29) is 0 Å². The summed E-state index contributed by atoms with van der Waals surface area (Å²) in [5.74, 6) is 0.613. The Labute approximate surface area is 134 Å². The Morgan fingerprint density at radius 1 is 0.762 bits per heavy atom. The molecular formula is C17H39N2OP. The van der Waals surface area contributed by atoms with Gasteiger partial charge in [-0.25, -0.2) is 9.34 Å². The molecule has 0 spiro atoms. The SMILES string of the molecule is CCCCC(CCC)CP(=O)(N(CC)CC)N(CC)CC. The van der Waals surface area contributed by atoms with Crippen molar-refractivity contribution in [2.45, 2.75) is 73.6 Å². The van der Waals surface area contributed by atoms with Crippen LogP contribution in [0.5, 0.6) is 0 Å². The topological polar surface area (TPSA) is 23.6 Å². The molecule has 0 aromatic heterocycles. The Morgan fingerprint density at radius 3 is 1.57 bits per heavy atom. The molecule has 128 valence electrons. The van der Waals surface area contributed by atoms with E-state index < -0.39 is 7.44 Å². The lowest BCUT2D eigenvalue weighted by molar-refractivity contribution is 0.344. The van der Waals surface area contributed by atoms with Gasteiger partial charge >= 0.3 is 0 Å². The van der Waals surface area contributed by atoms with Crippen LogP contribution >= 0.6 is 7.44 Å². The van der Waals surface area contributed by atoms with Crippen LogP contribution in [0.3, 0.4) is 0 Å². The maximum absolute atomic E-state index is 13.8. The van der Waals surface area contributed by atoms with E-state index in [2.05, 4.69) is 50.9 Å². The fourth-order valence-electron chi connectivity index (χ4n) is 3.31. The van der Waals surface area contributed by atoms with E-state index >= 15 is 0 Å². The number of unbranched alkanes of at least 4 members (excludes halogenated alkanes) is 1. The monoisotopic (exact) mass is 318 g/mol. The van der Waals surface area contributed by atoms with Crippen LogP contribution in [0.15, 0.2) is 0 Å². The van der Waals surface area contributed by atoms with Crippen molar-refractivity contribution in [2.24, 2.45) is 5.92 Å². The maximum Gasteiger partial charge on any atom is 0.216 e. The van der Waals surface area contributed by atoms with Gasteiger partial charge in [0.25, 0.3) is 0 Å². The van der Waals surface area contributed by atoms with Gasteiger partial charge in [-0.1, -0.05) is 67.2 Å². The van der Waals surface area contributed by atoms with Crippen molar-refractivity contribution < 1.29 is 4.57 Å². The standard InChI is InChI=1S/C17H39N2OP/c1-7-13-15-17(14-8-2)16-21(20,18(9-3)10-4)19(11-5)12-6/h17H,7-16H2,1-6H3. The summed E-state index contributed by atoms with van der Waals surface area (Å²) in [5, 5.41) is 0. The summed E-state index contributed by atoms with van der Waals surface area (Å²) in [7, 11) is -2.40. The molecule has 0 aromatic rings. The zero-order chi connectivity index (χ0) is 16.3. The first-order chi connectivity index (χ1) is 10.0. The highest BCUT2D eigenvalue weighted by atomic mass is 31.2. The first-order valence-electron chi connectivity index (χ1n) is 9.13. The van der Waals surface area contributed by atoms with Crippen molar-refractivity contribution in [3.05, 3.63) is 0 Å². The molecule has 0 saturated heterocycles. The summed E-state index contributed by atoms with van der Waals surface area (Å²) in [6.45, 7) is 16.6. The predicted octanol–water partition coefficient (Wildman–Crippen LogP) is 5.47. The third-order valence-corrected chi connectivity index (χ3v) is 8.39. The molecule has 1 atom stereocenters. The molecule has 1 unspecified atom stereocenters. The number of rotatable bonds is 13. The Hall–Kier alpha value is 0.150. The Balaban J connectivity index is 5.21. The van der Waals surface area contributed by atoms with Crippen LogP contribution in [0, 0.1) is 5.92 Å². The lowest BCUT2D eigenvalue weighted by Gasteiger charge is -2.39. The zero-order valence-corrected chi connectivity index (χ0v) is 16.3. The maximum atomic E-state index is 13.8. The Morgan fingerprint density at radius 2 is 1.24 bits per heavy atom. The highest BCUT2D eigenvalue weighted by molar-refractivity contribution is 7.59. The second kappa shape index (κ2) is 11.7. The summed E-state index contributed by atoms with van der Waals surface area (Å²) in [6.07, 6.45) is 7.03. The van der Waals surface area contributed by atoms with Crippen molar-refractivity contribution in [3.8, 4) is 0 Å². The zero-order valence-electron chi connectivity index (χ0n) is 15.4. The van der Waals surface area contributed by atoms with Crippen LogP contribution in [0.4, 0.5) is 0 Å². The highest BCUT2D eigenvalue weighted by Gasteiger charge is 2.35. The summed E-state index contributed by atoms with van der Waals surface area (Å²) < 4.78 is 18.3. The van der Waals surface area contributed by atoms with Gasteiger partial charge in [0, 0.05) is 32.3 Å². The van der Waals surface area contributed by atoms with Crippen LogP contribution in [0.25, 0.3) is 0 Å². The normalized spacial score (nSPS) is 14.1. The van der Waals surface area contributed by atoms with Gasteiger partial charge < -0.3 is 0 Å². The van der Waals surface area contributed by atoms with E-state index in [0.29, 0.717) is 5.92 Å². The van der Waals surface area contributed by atoms with E-state index in [1.807, 2.05) is 0 Å². The highest BCUT2D eigenvalue weighted by Crippen LogP contribution is 2.55. The van der Waals surface area contributed by atoms with E-state index in [4.69, 9.17) is 0 Å². The van der Waals surface area contributed by atoms with Gasteiger partial charge in [-0.2, -0.15) is 0 Å². The van der Waals surface area contributed by atoms with Crippen LogP contribution in [0.1, 0.15) is 73.6 Å². The predicted molar refractivity (Wildman–Crippen MR) is 96.2 cm³/mol. The molecule has 0 rings (SSSR count). The second-order valence-electron chi connectivity index (χ2n) is 5.92. The molecule has 0 aromatic carbocycles. The van der Waals surface area contributed by atoms with Gasteiger partial charge in [0.2, 0.25) is 7.44 Å². The molecule has 0 bridgehead atoms. The average Bonchev–Trinajstić information content (AvgIpc) is 2.47. The Bertz CT molecular complexity index is 273. The number of hydrogen-bond acceptors (Lipinski definition) is 1. The van der Waals surface area contributed by atoms with Gasteiger partial charge in [0.1, 0.15) is 0 Å². The van der Waals surface area contributed by atoms with E-state index in [1.54, 1.807) is 0 Å². The quantitative estimate of drug-likeness (QED) is 0.421. The second-order valence-corrected chi connectivity index (χ2v) is 8.75. The molecule has 0 aliphatic carbocycles. The van der Waals surface area contributed by atoms with Gasteiger partial charge in [0.15, 0.2) is 0 Å². The molecule has 21 heavy (non-hydrogen) atoms. The van der Waals surface area contributed by atoms with E-state index in [9.17, 15) is 4.57 Å². The van der Waals surface area contributed by atoms with Gasteiger partial charge in [-0.3, -0.25) is 4.57 Å². The first-order valence-corrected chi connectivity index (χ1v) is 10.9. The lowest BCUT2D eigenvalue weighted by atomic mass is 9.99. The molecule has 0 fully saturated rings. The summed E-state index contributed by atoms with van der Waals surface area (Å²) in [6, 6.07) is 0. The third kappa shape index (κ3) is 6.42. The first kappa shape index (κ1) is 21.1. The van der Waals surface area contributed by atoms with Crippen LogP contribution in [-0.4, -0.2) is 41.7 Å². The van der Waals surface area contributed by atoms with Gasteiger partial charge in [0.05, 0.1) is 0 Å². The molecule has 0 aliphatic heterocycles. The van der Waals surface area contributed by atoms with Crippen LogP contribution in [-0.2, 0) is 4.57 Å². The largest absolute Gasteiger partial charge is 0.289 e. The smallest absolute Gasteiger partial charge is 0.216 e. The Kier molecular flexibility index (Phi) is 11.8. The molecule has 3 nitrogen and oxygen atoms in total. The number of nitrogens with zero attached hydrogens (tertiary/aromatic N) is 2. The van der Waals surface area contributed by atoms with Crippen LogP contribution < -0.4 is 0 Å².